The van der Waals surface area contributed by atoms with Crippen molar-refractivity contribution in [2.24, 2.45) is 62.6 Å². The lowest BCUT2D eigenvalue weighted by molar-refractivity contribution is -0.217. The number of rotatable bonds is 2. The van der Waals surface area contributed by atoms with Crippen LogP contribution >= 0.6 is 0 Å². The molecule has 0 saturated heterocycles. The summed E-state index contributed by atoms with van der Waals surface area (Å²) in [5.41, 5.74) is 1.08. The van der Waals surface area contributed by atoms with Gasteiger partial charge in [0.15, 0.2) is 5.78 Å². The molecule has 0 aromatic carbocycles. The van der Waals surface area contributed by atoms with Gasteiger partial charge in [-0.2, -0.15) is 5.26 Å². The monoisotopic (exact) mass is 479 g/mol. The molecular weight excluding hydrogens is 430 g/mol. The van der Waals surface area contributed by atoms with Crippen molar-refractivity contribution in [3.05, 3.63) is 11.6 Å². The smallest absolute Gasteiger partial charge is 0.159 e. The lowest BCUT2D eigenvalue weighted by atomic mass is 9.32. The standard InChI is InChI=1S/C32H49NO2/c1-8-29(5)21(3)22(18-33)17-32(19-34)26(29)10-12-31(7)27(32)25(35)16-24-23-15-20(2)9-11-28(23,4)13-14-30(24,31)6/h16,20-23,26-27,34H,8-15,17,19H2,1-7H3/t20-,21?,22?,23?,26?,27?,28+,29+,30+,31+,32+/m0/s1. The molecule has 5 unspecified atom stereocenters. The highest BCUT2D eigenvalue weighted by Crippen LogP contribution is 2.75. The molecule has 4 saturated carbocycles. The average Bonchev–Trinajstić information content (AvgIpc) is 2.83. The Balaban J connectivity index is 1.67. The molecule has 5 aliphatic rings. The fourth-order valence-electron chi connectivity index (χ4n) is 11.0. The van der Waals surface area contributed by atoms with Crippen LogP contribution in [0.25, 0.3) is 0 Å². The van der Waals surface area contributed by atoms with E-state index in [1.54, 1.807) is 0 Å². The summed E-state index contributed by atoms with van der Waals surface area (Å²) in [6.45, 7) is 16.7. The molecule has 0 aromatic heterocycles. The summed E-state index contributed by atoms with van der Waals surface area (Å²) in [6, 6.07) is 2.63. The molecule has 0 bridgehead atoms. The molecule has 0 aromatic rings. The maximum absolute atomic E-state index is 14.4. The number of carbonyl (C=O) groups excluding carboxylic acids is 1. The molecule has 0 radical (unpaired) electrons. The summed E-state index contributed by atoms with van der Waals surface area (Å²) in [5, 5.41) is 21.4. The number of ketones is 1. The minimum atomic E-state index is -0.493. The molecule has 11 atom stereocenters. The van der Waals surface area contributed by atoms with Crippen LogP contribution in [0.3, 0.4) is 0 Å². The first-order chi connectivity index (χ1) is 16.4. The first-order valence-corrected chi connectivity index (χ1v) is 14.6. The maximum atomic E-state index is 14.4. The minimum absolute atomic E-state index is 0.00618. The van der Waals surface area contributed by atoms with Gasteiger partial charge in [0.1, 0.15) is 0 Å². The van der Waals surface area contributed by atoms with E-state index in [4.69, 9.17) is 0 Å². The maximum Gasteiger partial charge on any atom is 0.159 e. The Morgan fingerprint density at radius 2 is 1.80 bits per heavy atom. The summed E-state index contributed by atoms with van der Waals surface area (Å²) in [7, 11) is 0. The molecule has 194 valence electrons. The van der Waals surface area contributed by atoms with Gasteiger partial charge in [0.25, 0.3) is 0 Å². The van der Waals surface area contributed by atoms with Gasteiger partial charge in [-0.25, -0.2) is 0 Å². The third-order valence-corrected chi connectivity index (χ3v) is 13.9. The Morgan fingerprint density at radius 3 is 2.43 bits per heavy atom. The number of hydrogen-bond acceptors (Lipinski definition) is 3. The fourth-order valence-corrected chi connectivity index (χ4v) is 11.0. The molecule has 0 amide bonds. The van der Waals surface area contributed by atoms with Crippen molar-refractivity contribution < 1.29 is 9.90 Å². The fraction of sp³-hybridized carbons (Fsp3) is 0.875. The van der Waals surface area contributed by atoms with Crippen LogP contribution in [0.5, 0.6) is 0 Å². The first-order valence-electron chi connectivity index (χ1n) is 14.6. The zero-order valence-corrected chi connectivity index (χ0v) is 23.4. The van der Waals surface area contributed by atoms with E-state index < -0.39 is 5.41 Å². The van der Waals surface area contributed by atoms with E-state index in [0.717, 1.165) is 31.6 Å². The van der Waals surface area contributed by atoms with Crippen LogP contribution in [0, 0.1) is 73.9 Å². The van der Waals surface area contributed by atoms with Crippen LogP contribution in [-0.2, 0) is 4.79 Å². The number of hydrogen-bond donors (Lipinski definition) is 1. The number of nitrogens with zero attached hydrogens (tertiary/aromatic N) is 1. The van der Waals surface area contributed by atoms with Gasteiger partial charge in [-0.05, 0) is 96.4 Å². The van der Waals surface area contributed by atoms with Gasteiger partial charge in [0.05, 0.1) is 12.0 Å². The predicted octanol–water partition coefficient (Wildman–Crippen LogP) is 7.35. The van der Waals surface area contributed by atoms with Gasteiger partial charge in [-0.1, -0.05) is 66.9 Å². The molecule has 5 aliphatic carbocycles. The third-order valence-electron chi connectivity index (χ3n) is 13.9. The average molecular weight is 480 g/mol. The second-order valence-corrected chi connectivity index (χ2v) is 14.8. The van der Waals surface area contributed by atoms with Crippen molar-refractivity contribution in [2.45, 2.75) is 106 Å². The van der Waals surface area contributed by atoms with Gasteiger partial charge in [-0.15, -0.1) is 0 Å². The first kappa shape index (κ1) is 25.5. The quantitative estimate of drug-likeness (QED) is 0.450. The molecule has 3 heteroatoms. The Hall–Kier alpha value is -1.14. The zero-order chi connectivity index (χ0) is 25.6. The summed E-state index contributed by atoms with van der Waals surface area (Å²) >= 11 is 0. The number of allylic oxidation sites excluding steroid dienone is 2. The number of carbonyl (C=O) groups is 1. The van der Waals surface area contributed by atoms with E-state index in [1.165, 1.54) is 31.3 Å². The summed E-state index contributed by atoms with van der Waals surface area (Å²) in [4.78, 5) is 14.4. The van der Waals surface area contributed by atoms with Crippen LogP contribution in [-0.4, -0.2) is 17.5 Å². The van der Waals surface area contributed by atoms with E-state index in [1.807, 2.05) is 0 Å². The molecule has 0 aliphatic heterocycles. The van der Waals surface area contributed by atoms with E-state index in [2.05, 4.69) is 60.6 Å². The highest BCUT2D eigenvalue weighted by atomic mass is 16.3. The molecule has 3 nitrogen and oxygen atoms in total. The van der Waals surface area contributed by atoms with Crippen molar-refractivity contribution in [1.82, 2.24) is 0 Å². The second kappa shape index (κ2) is 7.93. The van der Waals surface area contributed by atoms with Crippen molar-refractivity contribution in [1.29, 1.82) is 5.26 Å². The van der Waals surface area contributed by atoms with Crippen LogP contribution in [0.1, 0.15) is 106 Å². The van der Waals surface area contributed by atoms with E-state index in [-0.39, 0.29) is 52.3 Å². The van der Waals surface area contributed by atoms with Gasteiger partial charge in [0.2, 0.25) is 0 Å². The van der Waals surface area contributed by atoms with Crippen molar-refractivity contribution >= 4 is 5.78 Å². The Bertz CT molecular complexity index is 979. The highest BCUT2D eigenvalue weighted by Gasteiger charge is 2.71. The molecule has 4 fully saturated rings. The summed E-state index contributed by atoms with van der Waals surface area (Å²) in [5.74, 6) is 1.77. The van der Waals surface area contributed by atoms with Crippen LogP contribution in [0.15, 0.2) is 11.6 Å². The normalized spacial score (nSPS) is 55.5. The minimum Gasteiger partial charge on any atom is -0.396 e. The Labute approximate surface area is 214 Å². The van der Waals surface area contributed by atoms with E-state index in [0.29, 0.717) is 17.8 Å². The van der Waals surface area contributed by atoms with Crippen molar-refractivity contribution in [3.8, 4) is 6.07 Å². The van der Waals surface area contributed by atoms with Crippen LogP contribution < -0.4 is 0 Å². The van der Waals surface area contributed by atoms with Gasteiger partial charge < -0.3 is 5.11 Å². The molecule has 5 rings (SSSR count). The second-order valence-electron chi connectivity index (χ2n) is 14.8. The molecule has 1 N–H and O–H groups in total. The lowest BCUT2D eigenvalue weighted by Crippen LogP contribution is -2.68. The Morgan fingerprint density at radius 1 is 1.09 bits per heavy atom. The number of nitriles is 1. The molecule has 35 heavy (non-hydrogen) atoms. The largest absolute Gasteiger partial charge is 0.396 e. The highest BCUT2D eigenvalue weighted by molar-refractivity contribution is 5.95. The number of fused-ring (bicyclic) bond motifs is 7. The van der Waals surface area contributed by atoms with Crippen molar-refractivity contribution in [2.75, 3.05) is 6.61 Å². The van der Waals surface area contributed by atoms with Gasteiger partial charge >= 0.3 is 0 Å². The topological polar surface area (TPSA) is 61.1 Å². The molecule has 0 heterocycles. The SMILES string of the molecule is CC[C@]1(C)C(C)C(C#N)C[C@@]2(CO)C1CC[C@]1(C)C2C(=O)C=C2C3C[C@@H](C)CC[C@]3(C)CC[C@]21C. The molecule has 0 spiro atoms. The predicted molar refractivity (Wildman–Crippen MR) is 140 cm³/mol. The number of aliphatic hydroxyl groups excluding tert-OH is 1. The Kier molecular flexibility index (Phi) is 5.78. The van der Waals surface area contributed by atoms with E-state index in [9.17, 15) is 15.2 Å². The van der Waals surface area contributed by atoms with E-state index >= 15 is 0 Å². The van der Waals surface area contributed by atoms with Crippen LogP contribution in [0.4, 0.5) is 0 Å². The summed E-state index contributed by atoms with van der Waals surface area (Å²) in [6.07, 6.45) is 12.1. The van der Waals surface area contributed by atoms with Gasteiger partial charge in [0, 0.05) is 17.9 Å². The van der Waals surface area contributed by atoms with Crippen molar-refractivity contribution in [3.63, 3.8) is 0 Å². The third kappa shape index (κ3) is 3.02. The van der Waals surface area contributed by atoms with Crippen LogP contribution in [0.2, 0.25) is 0 Å². The number of aliphatic hydroxyl groups is 1. The van der Waals surface area contributed by atoms with Gasteiger partial charge in [-0.3, -0.25) is 4.79 Å². The lowest BCUT2D eigenvalue weighted by Gasteiger charge is -2.71. The summed E-state index contributed by atoms with van der Waals surface area (Å²) < 4.78 is 0. The molecular formula is C32H49NO2. The zero-order valence-electron chi connectivity index (χ0n) is 23.4.